The summed E-state index contributed by atoms with van der Waals surface area (Å²) in [6.07, 6.45) is 3.80. The zero-order chi connectivity index (χ0) is 17.9. The van der Waals surface area contributed by atoms with Crippen LogP contribution in [-0.2, 0) is 10.2 Å². The van der Waals surface area contributed by atoms with Crippen LogP contribution in [-0.4, -0.2) is 24.2 Å². The Morgan fingerprint density at radius 3 is 2.77 bits per heavy atom. The van der Waals surface area contributed by atoms with Gasteiger partial charge in [-0.15, -0.1) is 0 Å². The van der Waals surface area contributed by atoms with Crippen LogP contribution in [0.5, 0.6) is 0 Å². The highest BCUT2D eigenvalue weighted by atomic mass is 16.4. The molecular weight excluding hydrogens is 322 g/mol. The number of hydrogen-bond acceptors (Lipinski definition) is 2. The van der Waals surface area contributed by atoms with Gasteiger partial charge in [0.2, 0.25) is 0 Å². The molecule has 0 amide bonds. The standard InChI is InChI=1S/C23H23NO2/c1-2-15-8-9-18-17(12-15)19-10-11-22(18,16-6-4-3-5-7-16)20-13-24-14-23(19,20)21(25)26/h2-9,12,19-20,24H,1,10-11,13-14H2,(H,25,26). The lowest BCUT2D eigenvalue weighted by atomic mass is 9.42. The van der Waals surface area contributed by atoms with Crippen molar-refractivity contribution in [2.75, 3.05) is 13.1 Å². The van der Waals surface area contributed by atoms with E-state index in [1.165, 1.54) is 16.7 Å². The van der Waals surface area contributed by atoms with Gasteiger partial charge in [0, 0.05) is 30.3 Å². The Balaban J connectivity index is 1.86. The van der Waals surface area contributed by atoms with Crippen molar-refractivity contribution in [1.82, 2.24) is 5.32 Å². The smallest absolute Gasteiger partial charge is 0.311 e. The molecule has 0 spiro atoms. The molecule has 1 heterocycles. The summed E-state index contributed by atoms with van der Waals surface area (Å²) in [5, 5.41) is 13.8. The van der Waals surface area contributed by atoms with Gasteiger partial charge in [0.1, 0.15) is 0 Å². The van der Waals surface area contributed by atoms with E-state index in [0.29, 0.717) is 6.54 Å². The predicted molar refractivity (Wildman–Crippen MR) is 102 cm³/mol. The summed E-state index contributed by atoms with van der Waals surface area (Å²) >= 11 is 0. The third-order valence-corrected chi connectivity index (χ3v) is 7.29. The minimum Gasteiger partial charge on any atom is -0.481 e. The maximum absolute atomic E-state index is 12.6. The van der Waals surface area contributed by atoms with E-state index in [1.54, 1.807) is 0 Å². The second kappa shape index (κ2) is 5.31. The molecule has 2 N–H and O–H groups in total. The Kier molecular flexibility index (Phi) is 3.23. The molecule has 2 bridgehead atoms. The lowest BCUT2D eigenvalue weighted by Gasteiger charge is -2.59. The molecule has 3 heteroatoms. The molecule has 2 aromatic rings. The molecular formula is C23H23NO2. The van der Waals surface area contributed by atoms with Crippen molar-refractivity contribution in [2.45, 2.75) is 24.2 Å². The van der Waals surface area contributed by atoms with Crippen molar-refractivity contribution in [1.29, 1.82) is 0 Å². The van der Waals surface area contributed by atoms with Crippen molar-refractivity contribution in [3.05, 3.63) is 77.4 Å². The summed E-state index contributed by atoms with van der Waals surface area (Å²) in [6.45, 7) is 5.23. The van der Waals surface area contributed by atoms with Gasteiger partial charge in [-0.1, -0.05) is 61.2 Å². The van der Waals surface area contributed by atoms with Crippen molar-refractivity contribution >= 4 is 12.0 Å². The third kappa shape index (κ3) is 1.69. The first-order valence-corrected chi connectivity index (χ1v) is 9.41. The summed E-state index contributed by atoms with van der Waals surface area (Å²) in [4.78, 5) is 12.6. The van der Waals surface area contributed by atoms with Gasteiger partial charge < -0.3 is 10.4 Å². The monoisotopic (exact) mass is 345 g/mol. The molecule has 0 radical (unpaired) electrons. The number of carboxylic acids is 1. The Labute approximate surface area is 153 Å². The molecule has 3 aliphatic carbocycles. The van der Waals surface area contributed by atoms with Crippen molar-refractivity contribution in [3.63, 3.8) is 0 Å². The molecule has 4 aliphatic rings. The average molecular weight is 345 g/mol. The molecule has 1 saturated heterocycles. The van der Waals surface area contributed by atoms with Crippen LogP contribution in [0.4, 0.5) is 0 Å². The van der Waals surface area contributed by atoms with E-state index in [1.807, 2.05) is 12.1 Å². The van der Waals surface area contributed by atoms with E-state index >= 15 is 0 Å². The van der Waals surface area contributed by atoms with Crippen molar-refractivity contribution in [3.8, 4) is 0 Å². The quantitative estimate of drug-likeness (QED) is 0.890. The fourth-order valence-corrected chi connectivity index (χ4v) is 6.28. The maximum atomic E-state index is 12.6. The predicted octanol–water partition coefficient (Wildman–Crippen LogP) is 3.80. The molecule has 1 saturated carbocycles. The number of fused-ring (bicyclic) bond motifs is 1. The number of benzene rings is 2. The van der Waals surface area contributed by atoms with E-state index in [0.717, 1.165) is 24.9 Å². The lowest BCUT2D eigenvalue weighted by Crippen LogP contribution is -2.60. The zero-order valence-corrected chi connectivity index (χ0v) is 14.7. The van der Waals surface area contributed by atoms with Gasteiger partial charge in [-0.25, -0.2) is 0 Å². The summed E-state index contributed by atoms with van der Waals surface area (Å²) in [7, 11) is 0. The van der Waals surface area contributed by atoms with Crippen molar-refractivity contribution in [2.24, 2.45) is 11.3 Å². The lowest BCUT2D eigenvalue weighted by molar-refractivity contribution is -0.157. The zero-order valence-electron chi connectivity index (χ0n) is 14.7. The molecule has 2 fully saturated rings. The molecule has 2 aromatic carbocycles. The number of aliphatic carboxylic acids is 1. The van der Waals surface area contributed by atoms with Crippen LogP contribution in [0.15, 0.2) is 55.1 Å². The molecule has 3 nitrogen and oxygen atoms in total. The van der Waals surface area contributed by atoms with Crippen LogP contribution in [0.1, 0.15) is 41.0 Å². The Morgan fingerprint density at radius 1 is 1.23 bits per heavy atom. The fourth-order valence-electron chi connectivity index (χ4n) is 6.28. The van der Waals surface area contributed by atoms with Crippen LogP contribution in [0.25, 0.3) is 6.08 Å². The van der Waals surface area contributed by atoms with Gasteiger partial charge in [-0.05, 0) is 35.1 Å². The minimum atomic E-state index is -0.721. The highest BCUT2D eigenvalue weighted by Gasteiger charge is 2.68. The number of carbonyl (C=O) groups is 1. The first-order chi connectivity index (χ1) is 12.6. The molecule has 6 rings (SSSR count). The normalized spacial score (nSPS) is 34.2. The Hall–Kier alpha value is -2.39. The molecule has 1 aliphatic heterocycles. The van der Waals surface area contributed by atoms with Crippen LogP contribution in [0.2, 0.25) is 0 Å². The second-order valence-corrected chi connectivity index (χ2v) is 8.01. The summed E-state index contributed by atoms with van der Waals surface area (Å²) in [5.41, 5.74) is 3.93. The molecule has 26 heavy (non-hydrogen) atoms. The van der Waals surface area contributed by atoms with Gasteiger partial charge in [0.05, 0.1) is 5.41 Å². The van der Waals surface area contributed by atoms with Gasteiger partial charge in [-0.2, -0.15) is 0 Å². The van der Waals surface area contributed by atoms with Gasteiger partial charge in [-0.3, -0.25) is 4.79 Å². The van der Waals surface area contributed by atoms with Gasteiger partial charge >= 0.3 is 5.97 Å². The number of carboxylic acid groups (broad SMARTS) is 1. The average Bonchev–Trinajstić information content (AvgIpc) is 3.16. The van der Waals surface area contributed by atoms with Crippen molar-refractivity contribution < 1.29 is 9.90 Å². The molecule has 0 aromatic heterocycles. The minimum absolute atomic E-state index is 0.0699. The first-order valence-electron chi connectivity index (χ1n) is 9.41. The summed E-state index contributed by atoms with van der Waals surface area (Å²) in [5.74, 6) is -0.497. The molecule has 4 atom stereocenters. The van der Waals surface area contributed by atoms with E-state index in [2.05, 4.69) is 54.4 Å². The first kappa shape index (κ1) is 15.8. The Bertz CT molecular complexity index is 906. The number of hydrogen-bond donors (Lipinski definition) is 2. The Morgan fingerprint density at radius 2 is 2.04 bits per heavy atom. The van der Waals surface area contributed by atoms with E-state index in [9.17, 15) is 9.90 Å². The van der Waals surface area contributed by atoms with Gasteiger partial charge in [0.15, 0.2) is 0 Å². The van der Waals surface area contributed by atoms with Crippen LogP contribution < -0.4 is 5.32 Å². The van der Waals surface area contributed by atoms with Crippen LogP contribution >= 0.6 is 0 Å². The highest BCUT2D eigenvalue weighted by Crippen LogP contribution is 2.67. The number of nitrogens with one attached hydrogen (secondary N) is 1. The highest BCUT2D eigenvalue weighted by molar-refractivity contribution is 5.81. The summed E-state index contributed by atoms with van der Waals surface area (Å²) < 4.78 is 0. The topological polar surface area (TPSA) is 49.3 Å². The van der Waals surface area contributed by atoms with Crippen LogP contribution in [0.3, 0.4) is 0 Å². The van der Waals surface area contributed by atoms with E-state index in [4.69, 9.17) is 0 Å². The maximum Gasteiger partial charge on any atom is 0.311 e. The van der Waals surface area contributed by atoms with Gasteiger partial charge in [0.25, 0.3) is 0 Å². The third-order valence-electron chi connectivity index (χ3n) is 7.29. The second-order valence-electron chi connectivity index (χ2n) is 8.01. The largest absolute Gasteiger partial charge is 0.481 e. The fraction of sp³-hybridized carbons (Fsp3) is 0.348. The summed E-state index contributed by atoms with van der Waals surface area (Å²) in [6, 6.07) is 17.1. The number of rotatable bonds is 3. The molecule has 132 valence electrons. The SMILES string of the molecule is C=Cc1ccc2c(c1)C1CCC2(c2ccccc2)C2CNCC12C(=O)O. The van der Waals surface area contributed by atoms with Crippen LogP contribution in [0, 0.1) is 11.3 Å². The van der Waals surface area contributed by atoms with E-state index in [-0.39, 0.29) is 17.3 Å². The van der Waals surface area contributed by atoms with E-state index < -0.39 is 11.4 Å². The molecule has 4 unspecified atom stereocenters.